The molecule has 1 saturated heterocycles. The second-order valence-corrected chi connectivity index (χ2v) is 9.75. The van der Waals surface area contributed by atoms with Crippen LogP contribution in [0.1, 0.15) is 41.6 Å². The summed E-state index contributed by atoms with van der Waals surface area (Å²) in [6.07, 6.45) is 8.11. The Morgan fingerprint density at radius 3 is 2.23 bits per heavy atom. The molecule has 2 fully saturated rings. The van der Waals surface area contributed by atoms with Gasteiger partial charge in [0.2, 0.25) is 5.91 Å². The Balaban J connectivity index is 1.08. The zero-order chi connectivity index (χ0) is 24.3. The molecule has 6 heteroatoms. The van der Waals surface area contributed by atoms with Crippen molar-refractivity contribution in [2.75, 3.05) is 19.6 Å². The number of amides is 2. The number of hydrogen-bond donors (Lipinski definition) is 1. The van der Waals surface area contributed by atoms with Crippen molar-refractivity contribution in [3.05, 3.63) is 90.0 Å². The van der Waals surface area contributed by atoms with Gasteiger partial charge in [-0.3, -0.25) is 14.6 Å². The zero-order valence-electron chi connectivity index (χ0n) is 19.8. The summed E-state index contributed by atoms with van der Waals surface area (Å²) in [5.74, 6) is 0.00893. The predicted octanol–water partition coefficient (Wildman–Crippen LogP) is 4.88. The molecule has 1 N–H and O–H groups in total. The molecule has 1 aliphatic heterocycles. The molecule has 35 heavy (non-hydrogen) atoms. The third-order valence-corrected chi connectivity index (χ3v) is 7.55. The number of rotatable bonds is 7. The van der Waals surface area contributed by atoms with Gasteiger partial charge in [0, 0.05) is 43.5 Å². The van der Waals surface area contributed by atoms with Crippen LogP contribution in [0, 0.1) is 17.2 Å². The maximum absolute atomic E-state index is 13.2. The van der Waals surface area contributed by atoms with E-state index in [-0.39, 0.29) is 29.0 Å². The van der Waals surface area contributed by atoms with Gasteiger partial charge in [0.25, 0.3) is 5.91 Å². The van der Waals surface area contributed by atoms with Gasteiger partial charge in [0.05, 0.1) is 0 Å². The van der Waals surface area contributed by atoms with Crippen molar-refractivity contribution in [2.45, 2.75) is 32.1 Å². The van der Waals surface area contributed by atoms with E-state index in [1.54, 1.807) is 24.5 Å². The lowest BCUT2D eigenvalue weighted by molar-refractivity contribution is -0.123. The summed E-state index contributed by atoms with van der Waals surface area (Å²) in [6.45, 7) is 2.06. The summed E-state index contributed by atoms with van der Waals surface area (Å²) in [6, 6.07) is 17.8. The number of likely N-dealkylation sites (tertiary alicyclic amines) is 1. The molecular formula is C29H30FN3O2. The lowest BCUT2D eigenvalue weighted by Crippen LogP contribution is -2.40. The van der Waals surface area contributed by atoms with Crippen LogP contribution < -0.4 is 5.32 Å². The monoisotopic (exact) mass is 471 g/mol. The number of aryl methyl sites for hydroxylation is 1. The van der Waals surface area contributed by atoms with E-state index >= 15 is 0 Å². The Labute approximate surface area is 205 Å². The topological polar surface area (TPSA) is 62.3 Å². The molecule has 5 rings (SSSR count). The van der Waals surface area contributed by atoms with Crippen molar-refractivity contribution in [3.8, 4) is 11.1 Å². The first kappa shape index (κ1) is 23.2. The smallest absolute Gasteiger partial charge is 0.253 e. The van der Waals surface area contributed by atoms with Crippen molar-refractivity contribution in [1.29, 1.82) is 0 Å². The van der Waals surface area contributed by atoms with Gasteiger partial charge in [-0.2, -0.15) is 0 Å². The van der Waals surface area contributed by atoms with Gasteiger partial charge >= 0.3 is 0 Å². The molecule has 2 aromatic carbocycles. The number of aromatic nitrogens is 1. The number of hydrogen-bond acceptors (Lipinski definition) is 3. The molecule has 2 heterocycles. The third kappa shape index (κ3) is 5.26. The maximum atomic E-state index is 13.2. The van der Waals surface area contributed by atoms with E-state index in [1.165, 1.54) is 17.7 Å². The summed E-state index contributed by atoms with van der Waals surface area (Å²) in [4.78, 5) is 31.6. The van der Waals surface area contributed by atoms with Gasteiger partial charge in [-0.1, -0.05) is 24.3 Å². The van der Waals surface area contributed by atoms with Crippen LogP contribution in [0.4, 0.5) is 4.39 Å². The highest BCUT2D eigenvalue weighted by Crippen LogP contribution is 2.59. The Kier molecular flexibility index (Phi) is 6.62. The fourth-order valence-electron chi connectivity index (χ4n) is 5.23. The highest BCUT2D eigenvalue weighted by Gasteiger charge is 2.58. The molecule has 1 aliphatic carbocycles. The number of carbonyl (C=O) groups excluding carboxylic acids is 2. The zero-order valence-corrected chi connectivity index (χ0v) is 19.8. The molecular weight excluding hydrogens is 441 g/mol. The van der Waals surface area contributed by atoms with E-state index in [0.29, 0.717) is 25.2 Å². The van der Waals surface area contributed by atoms with Gasteiger partial charge < -0.3 is 10.2 Å². The molecule has 1 aromatic heterocycles. The van der Waals surface area contributed by atoms with Crippen molar-refractivity contribution in [3.63, 3.8) is 0 Å². The van der Waals surface area contributed by atoms with Gasteiger partial charge in [-0.25, -0.2) is 4.39 Å². The van der Waals surface area contributed by atoms with E-state index in [9.17, 15) is 14.0 Å². The molecule has 2 aliphatic rings. The van der Waals surface area contributed by atoms with Crippen LogP contribution in [0.5, 0.6) is 0 Å². The fraction of sp³-hybridized carbons (Fsp3) is 0.345. The molecule has 0 radical (unpaired) electrons. The van der Waals surface area contributed by atoms with Crippen LogP contribution in [0.25, 0.3) is 11.1 Å². The normalized spacial score (nSPS) is 18.3. The minimum Gasteiger partial charge on any atom is -0.356 e. The first-order chi connectivity index (χ1) is 17.0. The molecule has 1 unspecified atom stereocenters. The van der Waals surface area contributed by atoms with E-state index in [0.717, 1.165) is 43.2 Å². The second kappa shape index (κ2) is 9.98. The van der Waals surface area contributed by atoms with E-state index < -0.39 is 0 Å². The largest absolute Gasteiger partial charge is 0.356 e. The summed E-state index contributed by atoms with van der Waals surface area (Å²) in [5.41, 5.74) is 3.83. The van der Waals surface area contributed by atoms with Crippen LogP contribution in [0.15, 0.2) is 73.1 Å². The first-order valence-electron chi connectivity index (χ1n) is 12.4. The Bertz CT molecular complexity index is 1170. The van der Waals surface area contributed by atoms with Crippen molar-refractivity contribution < 1.29 is 14.0 Å². The van der Waals surface area contributed by atoms with Gasteiger partial charge in [-0.15, -0.1) is 0 Å². The quantitative estimate of drug-likeness (QED) is 0.500. The van der Waals surface area contributed by atoms with Crippen molar-refractivity contribution in [1.82, 2.24) is 15.2 Å². The summed E-state index contributed by atoms with van der Waals surface area (Å²) in [5, 5.41) is 3.11. The molecule has 1 saturated carbocycles. The SMILES string of the molecule is O=C(NCCCc1ccncc1)C1CC12CCN(C(=O)c1ccc(-c3ccc(F)cc3)cc1)CC2. The van der Waals surface area contributed by atoms with Crippen LogP contribution >= 0.6 is 0 Å². The lowest BCUT2D eigenvalue weighted by atomic mass is 9.90. The van der Waals surface area contributed by atoms with Crippen LogP contribution in [-0.2, 0) is 11.2 Å². The lowest BCUT2D eigenvalue weighted by Gasteiger charge is -2.33. The highest BCUT2D eigenvalue weighted by molar-refractivity contribution is 5.95. The Morgan fingerprint density at radius 1 is 0.943 bits per heavy atom. The molecule has 180 valence electrons. The maximum Gasteiger partial charge on any atom is 0.253 e. The minimum atomic E-state index is -0.264. The average Bonchev–Trinajstić information content (AvgIpc) is 3.61. The highest BCUT2D eigenvalue weighted by atomic mass is 19.1. The van der Waals surface area contributed by atoms with Crippen molar-refractivity contribution in [2.24, 2.45) is 11.3 Å². The number of nitrogens with one attached hydrogen (secondary N) is 1. The van der Waals surface area contributed by atoms with Gasteiger partial charge in [-0.05, 0) is 90.6 Å². The predicted molar refractivity (Wildman–Crippen MR) is 133 cm³/mol. The fourth-order valence-corrected chi connectivity index (χ4v) is 5.23. The summed E-state index contributed by atoms with van der Waals surface area (Å²) >= 11 is 0. The number of benzene rings is 2. The number of nitrogens with zero attached hydrogens (tertiary/aromatic N) is 2. The number of carbonyl (C=O) groups is 2. The number of piperidine rings is 1. The van der Waals surface area contributed by atoms with E-state index in [2.05, 4.69) is 10.3 Å². The molecule has 1 atom stereocenters. The van der Waals surface area contributed by atoms with E-state index in [1.807, 2.05) is 41.3 Å². The number of pyridine rings is 1. The first-order valence-corrected chi connectivity index (χ1v) is 12.4. The number of halogens is 1. The third-order valence-electron chi connectivity index (χ3n) is 7.55. The Morgan fingerprint density at radius 2 is 1.57 bits per heavy atom. The van der Waals surface area contributed by atoms with Crippen LogP contribution in [-0.4, -0.2) is 41.3 Å². The average molecular weight is 472 g/mol. The second-order valence-electron chi connectivity index (χ2n) is 9.75. The van der Waals surface area contributed by atoms with E-state index in [4.69, 9.17) is 0 Å². The standard InChI is InChI=1S/C29H30FN3O2/c30-25-9-7-23(8-10-25)22-3-5-24(6-4-22)28(35)33-18-13-29(14-19-33)20-26(29)27(34)32-15-1-2-21-11-16-31-17-12-21/h3-12,16-17,26H,1-2,13-15,18-20H2,(H,32,34). The minimum absolute atomic E-state index is 0.0308. The van der Waals surface area contributed by atoms with Gasteiger partial charge in [0.15, 0.2) is 0 Å². The summed E-state index contributed by atoms with van der Waals surface area (Å²) < 4.78 is 13.2. The van der Waals surface area contributed by atoms with Gasteiger partial charge in [0.1, 0.15) is 5.82 Å². The molecule has 3 aromatic rings. The molecule has 0 bridgehead atoms. The van der Waals surface area contributed by atoms with Crippen molar-refractivity contribution >= 4 is 11.8 Å². The molecule has 2 amide bonds. The summed E-state index contributed by atoms with van der Waals surface area (Å²) in [7, 11) is 0. The molecule has 1 spiro atoms. The Hall–Kier alpha value is -3.54. The van der Waals surface area contributed by atoms with Crippen LogP contribution in [0.2, 0.25) is 0 Å². The molecule has 5 nitrogen and oxygen atoms in total. The van der Waals surface area contributed by atoms with Crippen LogP contribution in [0.3, 0.4) is 0 Å².